The van der Waals surface area contributed by atoms with Gasteiger partial charge in [-0.1, -0.05) is 95.7 Å². The molecule has 0 radical (unpaired) electrons. The number of β-amino-alcohol motifs (C(OH)–C–C–N with tert-alkyl or cyclic N) is 1. The molecule has 0 bridgehead atoms. The quantitative estimate of drug-likeness (QED) is 0.0893. The van der Waals surface area contributed by atoms with Gasteiger partial charge in [0.05, 0.1) is 18.9 Å². The maximum atomic E-state index is 9.45. The van der Waals surface area contributed by atoms with Crippen LogP contribution in [0.15, 0.2) is 87.8 Å². The highest BCUT2D eigenvalue weighted by Crippen LogP contribution is 2.27. The summed E-state index contributed by atoms with van der Waals surface area (Å²) in [7, 11) is 4.19. The second kappa shape index (κ2) is 22.3. The molecule has 2 aliphatic rings. The fourth-order valence-corrected chi connectivity index (χ4v) is 7.32. The Bertz CT molecular complexity index is 1490. The van der Waals surface area contributed by atoms with Crippen LogP contribution in [0.25, 0.3) is 5.57 Å². The zero-order chi connectivity index (χ0) is 37.2. The Balaban J connectivity index is 1.72. The molecule has 0 aromatic heterocycles. The first-order valence-electron chi connectivity index (χ1n) is 19.5. The molecule has 1 aromatic rings. The van der Waals surface area contributed by atoms with E-state index in [1.54, 1.807) is 6.08 Å². The fourth-order valence-electron chi connectivity index (χ4n) is 7.32. The third kappa shape index (κ3) is 13.8. The number of rotatable bonds is 19. The zero-order valence-electron chi connectivity index (χ0n) is 33.1. The van der Waals surface area contributed by atoms with E-state index in [2.05, 4.69) is 112 Å². The van der Waals surface area contributed by atoms with E-state index in [0.29, 0.717) is 12.5 Å². The minimum Gasteiger partial charge on any atom is -0.395 e. The molecule has 1 aromatic carbocycles. The van der Waals surface area contributed by atoms with Crippen molar-refractivity contribution in [2.24, 2.45) is 21.8 Å². The smallest absolute Gasteiger partial charge is 0.0792 e. The maximum Gasteiger partial charge on any atom is 0.0792 e. The van der Waals surface area contributed by atoms with Gasteiger partial charge in [-0.05, 0) is 86.3 Å². The summed E-state index contributed by atoms with van der Waals surface area (Å²) in [4.78, 5) is 17.4. The van der Waals surface area contributed by atoms with E-state index in [4.69, 9.17) is 16.4 Å². The summed E-state index contributed by atoms with van der Waals surface area (Å²) in [5, 5.41) is 9.45. The van der Waals surface area contributed by atoms with Gasteiger partial charge in [0.1, 0.15) is 0 Å². The van der Waals surface area contributed by atoms with E-state index in [1.165, 1.54) is 61.8 Å². The third-order valence-electron chi connectivity index (χ3n) is 10.3. The lowest BCUT2D eigenvalue weighted by Crippen LogP contribution is -2.47. The highest BCUT2D eigenvalue weighted by molar-refractivity contribution is 6.24. The van der Waals surface area contributed by atoms with E-state index in [-0.39, 0.29) is 6.61 Å². The number of terminal acetylenes is 1. The number of aliphatic imine (C=N–C) groups is 2. The van der Waals surface area contributed by atoms with Gasteiger partial charge in [-0.3, -0.25) is 14.9 Å². The molecule has 1 fully saturated rings. The Morgan fingerprint density at radius 3 is 2.49 bits per heavy atom. The van der Waals surface area contributed by atoms with Crippen molar-refractivity contribution in [2.75, 3.05) is 60.0 Å². The molecule has 0 saturated carbocycles. The molecular weight excluding hydrogens is 627 g/mol. The van der Waals surface area contributed by atoms with E-state index >= 15 is 0 Å². The molecule has 278 valence electrons. The summed E-state index contributed by atoms with van der Waals surface area (Å²) < 4.78 is 0. The van der Waals surface area contributed by atoms with Gasteiger partial charge < -0.3 is 14.9 Å². The van der Waals surface area contributed by atoms with E-state index in [0.717, 1.165) is 85.4 Å². The molecule has 1 N–H and O–H groups in total. The van der Waals surface area contributed by atoms with Crippen molar-refractivity contribution in [1.29, 1.82) is 0 Å². The molecule has 6 nitrogen and oxygen atoms in total. The van der Waals surface area contributed by atoms with Crippen molar-refractivity contribution in [1.82, 2.24) is 14.7 Å². The van der Waals surface area contributed by atoms with Crippen LogP contribution >= 0.6 is 0 Å². The molecule has 0 spiro atoms. The summed E-state index contributed by atoms with van der Waals surface area (Å²) in [5.74, 6) is 3.95. The van der Waals surface area contributed by atoms with Crippen molar-refractivity contribution in [3.8, 4) is 12.3 Å². The molecule has 1 saturated heterocycles. The Labute approximate surface area is 311 Å². The Morgan fingerprint density at radius 2 is 1.80 bits per heavy atom. The van der Waals surface area contributed by atoms with Crippen molar-refractivity contribution in [3.05, 3.63) is 88.9 Å². The second-order valence-electron chi connectivity index (χ2n) is 14.7. The fraction of sp³-hybridized carbons (Fsp3) is 0.556. The first kappa shape index (κ1) is 41.8. The Kier molecular flexibility index (Phi) is 18.3. The highest BCUT2D eigenvalue weighted by atomic mass is 16.3. The van der Waals surface area contributed by atoms with Crippen LogP contribution < -0.4 is 0 Å². The number of benzene rings is 1. The molecule has 0 amide bonds. The van der Waals surface area contributed by atoms with Crippen molar-refractivity contribution in [3.63, 3.8) is 0 Å². The van der Waals surface area contributed by atoms with Crippen molar-refractivity contribution < 1.29 is 5.11 Å². The van der Waals surface area contributed by atoms with Gasteiger partial charge in [-0.2, -0.15) is 0 Å². The summed E-state index contributed by atoms with van der Waals surface area (Å²) in [6.07, 6.45) is 24.7. The van der Waals surface area contributed by atoms with Crippen LogP contribution in [0.1, 0.15) is 97.1 Å². The molecule has 2 unspecified atom stereocenters. The van der Waals surface area contributed by atoms with Crippen LogP contribution in [0, 0.1) is 24.2 Å². The summed E-state index contributed by atoms with van der Waals surface area (Å²) in [6, 6.07) is 9.02. The van der Waals surface area contributed by atoms with Crippen LogP contribution in [0.4, 0.5) is 0 Å². The van der Waals surface area contributed by atoms with E-state index in [9.17, 15) is 5.11 Å². The monoisotopic (exact) mass is 694 g/mol. The van der Waals surface area contributed by atoms with Crippen molar-refractivity contribution >= 4 is 17.0 Å². The van der Waals surface area contributed by atoms with Gasteiger partial charge in [0.15, 0.2) is 0 Å². The van der Waals surface area contributed by atoms with Crippen LogP contribution in [0.3, 0.4) is 0 Å². The molecule has 6 heteroatoms. The van der Waals surface area contributed by atoms with E-state index < -0.39 is 0 Å². The number of allylic oxidation sites excluding steroid dienone is 8. The summed E-state index contributed by atoms with van der Waals surface area (Å²) in [5.41, 5.74) is 9.95. The number of aryl methyl sites for hydroxylation is 1. The number of hydrogen-bond donors (Lipinski definition) is 1. The van der Waals surface area contributed by atoms with Gasteiger partial charge in [-0.25, -0.2) is 0 Å². The van der Waals surface area contributed by atoms with Gasteiger partial charge in [0, 0.05) is 75.2 Å². The second-order valence-corrected chi connectivity index (χ2v) is 14.7. The Hall–Kier alpha value is -3.66. The predicted molar refractivity (Wildman–Crippen MR) is 221 cm³/mol. The molecular formula is C45H67N5O. The Morgan fingerprint density at radius 1 is 1.08 bits per heavy atom. The number of unbranched alkanes of at least 4 members (excludes halogenated alkanes) is 4. The van der Waals surface area contributed by atoms with E-state index in [1.807, 2.05) is 6.08 Å². The molecule has 2 atom stereocenters. The topological polar surface area (TPSA) is 54.7 Å². The SMILES string of the molecule is C#C\C=C/C(=C\CC)C1=N/C(C)=C(\c2cccc(CCCCCCCC(C)CC(C)C(=C)N(C)C)c2)C(C)=NC/C(N2CCN(CCO)CC2)=C\1. The normalized spacial score (nSPS) is 21.0. The lowest BCUT2D eigenvalue weighted by Gasteiger charge is -2.37. The van der Waals surface area contributed by atoms with Gasteiger partial charge in [-0.15, -0.1) is 6.42 Å². The average molecular weight is 694 g/mol. The zero-order valence-corrected chi connectivity index (χ0v) is 33.1. The third-order valence-corrected chi connectivity index (χ3v) is 10.3. The van der Waals surface area contributed by atoms with Crippen LogP contribution in [-0.2, 0) is 6.42 Å². The van der Waals surface area contributed by atoms with Crippen LogP contribution in [0.2, 0.25) is 0 Å². The number of hydrogen-bond acceptors (Lipinski definition) is 6. The number of piperazine rings is 1. The first-order chi connectivity index (χ1) is 24.6. The van der Waals surface area contributed by atoms with Crippen LogP contribution in [-0.4, -0.2) is 91.2 Å². The van der Waals surface area contributed by atoms with Crippen molar-refractivity contribution in [2.45, 2.75) is 92.4 Å². The predicted octanol–water partition coefficient (Wildman–Crippen LogP) is 8.97. The molecule has 2 heterocycles. The largest absolute Gasteiger partial charge is 0.395 e. The molecule has 2 aliphatic heterocycles. The average Bonchev–Trinajstić information content (AvgIpc) is 3.17. The van der Waals surface area contributed by atoms with Gasteiger partial charge in [0.25, 0.3) is 0 Å². The minimum atomic E-state index is 0.193. The standard InChI is InChI=1S/C45H67N5O/c1-10-12-23-41(19-11-2)44-33-43(50-27-25-49(26-28-50)29-30-51)34-46-37(5)45(38(6)47-44)42-24-18-22-40(32-42)21-17-15-13-14-16-20-35(3)31-36(4)39(7)48(8)9/h1,12,18-19,22-24,32-33,35-36,51H,7,11,13-17,20-21,25-31,34H2,2-6,8-9H3/b23-12-,41-19+,43-33+,45-38-,46-37?,47-44+. The maximum absolute atomic E-state index is 9.45. The summed E-state index contributed by atoms with van der Waals surface area (Å²) in [6.45, 7) is 20.5. The number of aliphatic hydroxyl groups excluding tert-OH is 1. The molecule has 3 rings (SSSR count). The lowest BCUT2D eigenvalue weighted by molar-refractivity contribution is 0.131. The molecule has 51 heavy (non-hydrogen) atoms. The van der Waals surface area contributed by atoms with Crippen LogP contribution in [0.5, 0.6) is 0 Å². The summed E-state index contributed by atoms with van der Waals surface area (Å²) >= 11 is 0. The highest BCUT2D eigenvalue weighted by Gasteiger charge is 2.21. The first-order valence-corrected chi connectivity index (χ1v) is 19.5. The molecule has 0 aliphatic carbocycles. The van der Waals surface area contributed by atoms with Gasteiger partial charge >= 0.3 is 0 Å². The van der Waals surface area contributed by atoms with Gasteiger partial charge in [0.2, 0.25) is 0 Å². The lowest BCUT2D eigenvalue weighted by atomic mass is 9.90. The number of aliphatic hydroxyl groups is 1. The number of nitrogens with zero attached hydrogens (tertiary/aromatic N) is 5. The minimum absolute atomic E-state index is 0.193.